The van der Waals surface area contributed by atoms with Gasteiger partial charge in [0.2, 0.25) is 0 Å². The zero-order valence-corrected chi connectivity index (χ0v) is 12.2. The molecule has 108 valence electrons. The van der Waals surface area contributed by atoms with Gasteiger partial charge in [-0.25, -0.2) is 0 Å². The minimum Gasteiger partial charge on any atom is -0.396 e. The van der Waals surface area contributed by atoms with E-state index in [1.165, 1.54) is 5.56 Å². The lowest BCUT2D eigenvalue weighted by atomic mass is 9.87. The number of aliphatic hydroxyl groups is 1. The molecule has 2 unspecified atom stereocenters. The smallest absolute Gasteiger partial charge is 0.0431 e. The number of aliphatic hydroxyl groups excluding tert-OH is 1. The summed E-state index contributed by atoms with van der Waals surface area (Å²) >= 11 is 0. The first kappa shape index (κ1) is 16.2. The van der Waals surface area contributed by atoms with Gasteiger partial charge in [0.15, 0.2) is 0 Å². The molecule has 0 aliphatic heterocycles. The van der Waals surface area contributed by atoms with Crippen LogP contribution < -0.4 is 11.1 Å². The Kier molecular flexibility index (Phi) is 7.06. The molecule has 19 heavy (non-hydrogen) atoms. The first-order valence-electron chi connectivity index (χ1n) is 7.28. The molecule has 0 saturated carbocycles. The Morgan fingerprint density at radius 1 is 1.32 bits per heavy atom. The zero-order chi connectivity index (χ0) is 14.1. The van der Waals surface area contributed by atoms with E-state index in [9.17, 15) is 0 Å². The van der Waals surface area contributed by atoms with Gasteiger partial charge in [0.05, 0.1) is 0 Å². The molecule has 0 aliphatic rings. The first-order valence-corrected chi connectivity index (χ1v) is 7.28. The highest BCUT2D eigenvalue weighted by molar-refractivity contribution is 5.18. The lowest BCUT2D eigenvalue weighted by Crippen LogP contribution is -2.55. The van der Waals surface area contributed by atoms with E-state index in [1.54, 1.807) is 0 Å². The van der Waals surface area contributed by atoms with Gasteiger partial charge in [-0.2, -0.15) is 0 Å². The van der Waals surface area contributed by atoms with Crippen LogP contribution in [0.1, 0.15) is 38.7 Å². The van der Waals surface area contributed by atoms with E-state index >= 15 is 0 Å². The van der Waals surface area contributed by atoms with Gasteiger partial charge in [0.25, 0.3) is 0 Å². The predicted octanol–water partition coefficient (Wildman–Crippen LogP) is 2.09. The van der Waals surface area contributed by atoms with Gasteiger partial charge < -0.3 is 16.2 Å². The Labute approximate surface area is 117 Å². The molecule has 3 nitrogen and oxygen atoms in total. The largest absolute Gasteiger partial charge is 0.396 e. The van der Waals surface area contributed by atoms with Gasteiger partial charge in [-0.3, -0.25) is 0 Å². The fourth-order valence-electron chi connectivity index (χ4n) is 2.53. The third-order valence-corrected chi connectivity index (χ3v) is 3.80. The van der Waals surface area contributed by atoms with Crippen LogP contribution in [-0.4, -0.2) is 29.8 Å². The number of rotatable bonds is 9. The van der Waals surface area contributed by atoms with Crippen LogP contribution in [0, 0.1) is 0 Å². The first-order chi connectivity index (χ1) is 9.15. The summed E-state index contributed by atoms with van der Waals surface area (Å²) in [5.74, 6) is 0. The fraction of sp³-hybridized carbons (Fsp3) is 0.625. The Balaban J connectivity index is 2.68. The maximum Gasteiger partial charge on any atom is 0.0431 e. The minimum absolute atomic E-state index is 0.0454. The van der Waals surface area contributed by atoms with Gasteiger partial charge in [-0.05, 0) is 38.2 Å². The van der Waals surface area contributed by atoms with Gasteiger partial charge in [0, 0.05) is 24.7 Å². The van der Waals surface area contributed by atoms with Crippen molar-refractivity contribution in [3.8, 4) is 0 Å². The summed E-state index contributed by atoms with van der Waals surface area (Å²) < 4.78 is 0. The summed E-state index contributed by atoms with van der Waals surface area (Å²) in [6, 6.07) is 10.9. The summed E-state index contributed by atoms with van der Waals surface area (Å²) in [5, 5.41) is 12.6. The van der Waals surface area contributed by atoms with Crippen molar-refractivity contribution in [2.24, 2.45) is 5.73 Å². The van der Waals surface area contributed by atoms with E-state index in [0.29, 0.717) is 12.6 Å². The topological polar surface area (TPSA) is 58.3 Å². The molecule has 0 amide bonds. The number of benzene rings is 1. The molecule has 0 heterocycles. The van der Waals surface area contributed by atoms with Gasteiger partial charge in [0.1, 0.15) is 0 Å². The molecule has 3 heteroatoms. The Hall–Kier alpha value is -0.900. The number of hydrogen-bond donors (Lipinski definition) is 3. The second-order valence-electron chi connectivity index (χ2n) is 5.41. The summed E-state index contributed by atoms with van der Waals surface area (Å²) in [5.41, 5.74) is 7.30. The van der Waals surface area contributed by atoms with Crippen LogP contribution in [0.25, 0.3) is 0 Å². The molecule has 0 fully saturated rings. The maximum absolute atomic E-state index is 8.91. The molecule has 0 bridgehead atoms. The molecule has 1 aromatic rings. The Bertz CT molecular complexity index is 336. The fourth-order valence-corrected chi connectivity index (χ4v) is 2.53. The molecular weight excluding hydrogens is 236 g/mol. The average Bonchev–Trinajstić information content (AvgIpc) is 2.45. The van der Waals surface area contributed by atoms with Crippen LogP contribution in [0.3, 0.4) is 0 Å². The molecule has 0 aromatic heterocycles. The highest BCUT2D eigenvalue weighted by Gasteiger charge is 2.28. The molecule has 1 aromatic carbocycles. The lowest BCUT2D eigenvalue weighted by Gasteiger charge is -2.36. The third-order valence-electron chi connectivity index (χ3n) is 3.80. The standard InChI is InChI=1S/C16H28N2O/c1-3-16(13-17,18-14(2)8-7-11-19)12-15-9-5-4-6-10-15/h4-6,9-10,14,18-19H,3,7-8,11-13,17H2,1-2H3. The van der Waals surface area contributed by atoms with Gasteiger partial charge in [-0.15, -0.1) is 0 Å². The van der Waals surface area contributed by atoms with Crippen LogP contribution >= 0.6 is 0 Å². The monoisotopic (exact) mass is 264 g/mol. The van der Waals surface area contributed by atoms with Crippen molar-refractivity contribution < 1.29 is 5.11 Å². The highest BCUT2D eigenvalue weighted by atomic mass is 16.2. The molecule has 0 saturated heterocycles. The van der Waals surface area contributed by atoms with E-state index in [2.05, 4.69) is 43.4 Å². The van der Waals surface area contributed by atoms with Crippen molar-refractivity contribution in [1.82, 2.24) is 5.32 Å². The lowest BCUT2D eigenvalue weighted by molar-refractivity contribution is 0.248. The molecule has 0 radical (unpaired) electrons. The maximum atomic E-state index is 8.91. The van der Waals surface area contributed by atoms with Crippen molar-refractivity contribution in [3.05, 3.63) is 35.9 Å². The van der Waals surface area contributed by atoms with E-state index in [1.807, 2.05) is 6.07 Å². The van der Waals surface area contributed by atoms with Crippen molar-refractivity contribution in [2.75, 3.05) is 13.2 Å². The highest BCUT2D eigenvalue weighted by Crippen LogP contribution is 2.18. The summed E-state index contributed by atoms with van der Waals surface area (Å²) in [7, 11) is 0. The van der Waals surface area contributed by atoms with E-state index in [-0.39, 0.29) is 12.1 Å². The second kappa shape index (κ2) is 8.31. The van der Waals surface area contributed by atoms with Gasteiger partial charge >= 0.3 is 0 Å². The number of hydrogen-bond acceptors (Lipinski definition) is 3. The van der Waals surface area contributed by atoms with Crippen LogP contribution in [0.5, 0.6) is 0 Å². The molecule has 0 spiro atoms. The minimum atomic E-state index is -0.0454. The van der Waals surface area contributed by atoms with E-state index in [4.69, 9.17) is 10.8 Å². The molecule has 1 rings (SSSR count). The third kappa shape index (κ3) is 5.31. The quantitative estimate of drug-likeness (QED) is 0.640. The molecular formula is C16H28N2O. The molecule has 4 N–H and O–H groups in total. The number of nitrogens with one attached hydrogen (secondary N) is 1. The zero-order valence-electron chi connectivity index (χ0n) is 12.2. The van der Waals surface area contributed by atoms with Crippen LogP contribution in [0.4, 0.5) is 0 Å². The molecule has 0 aliphatic carbocycles. The van der Waals surface area contributed by atoms with Crippen molar-refractivity contribution in [3.63, 3.8) is 0 Å². The van der Waals surface area contributed by atoms with Gasteiger partial charge in [-0.1, -0.05) is 37.3 Å². The van der Waals surface area contributed by atoms with Crippen molar-refractivity contribution >= 4 is 0 Å². The van der Waals surface area contributed by atoms with Crippen LogP contribution in [-0.2, 0) is 6.42 Å². The number of nitrogens with two attached hydrogens (primary N) is 1. The normalized spacial score (nSPS) is 16.0. The van der Waals surface area contributed by atoms with E-state index in [0.717, 1.165) is 25.7 Å². The van der Waals surface area contributed by atoms with Crippen molar-refractivity contribution in [2.45, 2.75) is 51.1 Å². The van der Waals surface area contributed by atoms with Crippen LogP contribution in [0.2, 0.25) is 0 Å². The average molecular weight is 264 g/mol. The van der Waals surface area contributed by atoms with Crippen LogP contribution in [0.15, 0.2) is 30.3 Å². The summed E-state index contributed by atoms with van der Waals surface area (Å²) in [6.45, 7) is 5.23. The predicted molar refractivity (Wildman–Crippen MR) is 81.1 cm³/mol. The SMILES string of the molecule is CCC(CN)(Cc1ccccc1)NC(C)CCCO. The summed E-state index contributed by atoms with van der Waals surface area (Å²) in [4.78, 5) is 0. The second-order valence-corrected chi connectivity index (χ2v) is 5.41. The van der Waals surface area contributed by atoms with Crippen molar-refractivity contribution in [1.29, 1.82) is 0 Å². The van der Waals surface area contributed by atoms with E-state index < -0.39 is 0 Å². The molecule has 2 atom stereocenters. The summed E-state index contributed by atoms with van der Waals surface area (Å²) in [6.07, 6.45) is 3.77. The Morgan fingerprint density at radius 3 is 2.53 bits per heavy atom. The Morgan fingerprint density at radius 2 is 2.00 bits per heavy atom.